The molecule has 0 saturated heterocycles. The Labute approximate surface area is 135 Å². The number of hydrogen-bond acceptors (Lipinski definition) is 4. The summed E-state index contributed by atoms with van der Waals surface area (Å²) in [6.07, 6.45) is 2.87. The molecule has 117 valence electrons. The molecule has 0 bridgehead atoms. The van der Waals surface area contributed by atoms with Gasteiger partial charge in [0.25, 0.3) is 0 Å². The van der Waals surface area contributed by atoms with Gasteiger partial charge in [0.15, 0.2) is 0 Å². The number of nitrogens with zero attached hydrogens (tertiary/aromatic N) is 1. The van der Waals surface area contributed by atoms with Crippen molar-refractivity contribution in [1.82, 2.24) is 5.16 Å². The van der Waals surface area contributed by atoms with Crippen LogP contribution >= 0.6 is 0 Å². The van der Waals surface area contributed by atoms with Gasteiger partial charge >= 0.3 is 0 Å². The van der Waals surface area contributed by atoms with Crippen molar-refractivity contribution in [3.8, 4) is 28.5 Å². The first kappa shape index (κ1) is 15.2. The summed E-state index contributed by atoms with van der Waals surface area (Å²) in [4.78, 5) is 0. The minimum atomic E-state index is 0.159. The quantitative estimate of drug-likeness (QED) is 0.663. The van der Waals surface area contributed by atoms with E-state index in [0.717, 1.165) is 34.1 Å². The first-order valence-corrected chi connectivity index (χ1v) is 7.51. The Hall–Kier alpha value is -2.75. The number of ether oxygens (including phenoxy) is 2. The normalized spacial score (nSPS) is 10.8. The van der Waals surface area contributed by atoms with Crippen molar-refractivity contribution in [3.63, 3.8) is 0 Å². The smallest absolute Gasteiger partial charge is 0.208 e. The van der Waals surface area contributed by atoms with Crippen molar-refractivity contribution >= 4 is 0 Å². The summed E-state index contributed by atoms with van der Waals surface area (Å²) in [5.74, 6) is 2.36. The summed E-state index contributed by atoms with van der Waals surface area (Å²) in [5.41, 5.74) is 2.66. The number of benzene rings is 2. The number of aromatic nitrogens is 1. The van der Waals surface area contributed by atoms with Crippen molar-refractivity contribution in [2.24, 2.45) is 0 Å². The predicted octanol–water partition coefficient (Wildman–Crippen LogP) is 5.03. The highest BCUT2D eigenvalue weighted by Crippen LogP contribution is 2.27. The molecule has 3 aromatic rings. The van der Waals surface area contributed by atoms with E-state index >= 15 is 0 Å². The van der Waals surface area contributed by atoms with Gasteiger partial charge in [0.1, 0.15) is 22.9 Å². The molecule has 0 amide bonds. The van der Waals surface area contributed by atoms with E-state index in [-0.39, 0.29) is 6.10 Å². The maximum Gasteiger partial charge on any atom is 0.208 e. The molecule has 0 aliphatic carbocycles. The molecular weight excluding hydrogens is 290 g/mol. The topological polar surface area (TPSA) is 44.5 Å². The zero-order valence-corrected chi connectivity index (χ0v) is 13.4. The third-order valence-corrected chi connectivity index (χ3v) is 3.25. The van der Waals surface area contributed by atoms with Crippen LogP contribution in [0.4, 0.5) is 0 Å². The van der Waals surface area contributed by atoms with E-state index in [1.54, 1.807) is 0 Å². The average molecular weight is 308 g/mol. The second kappa shape index (κ2) is 6.57. The Morgan fingerprint density at radius 3 is 2.00 bits per heavy atom. The lowest BCUT2D eigenvalue weighted by atomic mass is 10.1. The Morgan fingerprint density at radius 1 is 0.913 bits per heavy atom. The third kappa shape index (κ3) is 3.72. The molecule has 4 heteroatoms. The number of aryl methyl sites for hydroxylation is 1. The molecule has 0 N–H and O–H groups in total. The summed E-state index contributed by atoms with van der Waals surface area (Å²) in [7, 11) is 0. The SMILES string of the molecule is Cc1[c]onc1-c1ccc(Oc2ccc(OC(C)C)cc2)cc1. The molecule has 0 spiro atoms. The van der Waals surface area contributed by atoms with Crippen molar-refractivity contribution in [1.29, 1.82) is 0 Å². The second-order valence-electron chi connectivity index (χ2n) is 5.52. The van der Waals surface area contributed by atoms with Crippen LogP contribution in [0.2, 0.25) is 0 Å². The van der Waals surface area contributed by atoms with E-state index in [0.29, 0.717) is 0 Å². The van der Waals surface area contributed by atoms with Crippen LogP contribution in [0.5, 0.6) is 17.2 Å². The summed E-state index contributed by atoms with van der Waals surface area (Å²) in [6.45, 7) is 5.91. The van der Waals surface area contributed by atoms with Gasteiger partial charge in [-0.05, 0) is 69.3 Å². The van der Waals surface area contributed by atoms with E-state index in [2.05, 4.69) is 11.4 Å². The van der Waals surface area contributed by atoms with Gasteiger partial charge in [-0.25, -0.2) is 0 Å². The molecular formula is C19H18NO3. The maximum absolute atomic E-state index is 5.83. The van der Waals surface area contributed by atoms with Gasteiger partial charge < -0.3 is 14.0 Å². The molecule has 0 atom stereocenters. The van der Waals surface area contributed by atoms with Crippen molar-refractivity contribution in [3.05, 3.63) is 60.4 Å². The summed E-state index contributed by atoms with van der Waals surface area (Å²) in [6, 6.07) is 15.3. The van der Waals surface area contributed by atoms with Crippen molar-refractivity contribution in [2.45, 2.75) is 26.9 Å². The first-order valence-electron chi connectivity index (χ1n) is 7.51. The van der Waals surface area contributed by atoms with Gasteiger partial charge in [-0.1, -0.05) is 5.16 Å². The monoisotopic (exact) mass is 308 g/mol. The fourth-order valence-electron chi connectivity index (χ4n) is 2.20. The van der Waals surface area contributed by atoms with E-state index in [1.165, 1.54) is 0 Å². The zero-order valence-electron chi connectivity index (χ0n) is 13.4. The molecule has 4 nitrogen and oxygen atoms in total. The largest absolute Gasteiger partial charge is 0.491 e. The van der Waals surface area contributed by atoms with Gasteiger partial charge in [0, 0.05) is 11.1 Å². The first-order chi connectivity index (χ1) is 11.1. The molecule has 1 heterocycles. The van der Waals surface area contributed by atoms with Crippen LogP contribution in [-0.4, -0.2) is 11.3 Å². The van der Waals surface area contributed by atoms with Crippen LogP contribution in [0.3, 0.4) is 0 Å². The van der Waals surface area contributed by atoms with Gasteiger partial charge in [0.2, 0.25) is 6.26 Å². The summed E-state index contributed by atoms with van der Waals surface area (Å²) in [5, 5.41) is 3.95. The van der Waals surface area contributed by atoms with Crippen LogP contribution in [-0.2, 0) is 0 Å². The molecule has 0 aliphatic rings. The molecule has 23 heavy (non-hydrogen) atoms. The van der Waals surface area contributed by atoms with E-state index in [1.807, 2.05) is 69.3 Å². The molecule has 3 rings (SSSR count). The standard InChI is InChI=1S/C19H18NO3/c1-13(2)22-16-8-10-18(11-9-16)23-17-6-4-15(5-7-17)19-14(3)12-21-20-19/h4-11,13H,1-3H3. The van der Waals surface area contributed by atoms with E-state index < -0.39 is 0 Å². The Morgan fingerprint density at radius 2 is 1.48 bits per heavy atom. The van der Waals surface area contributed by atoms with Gasteiger partial charge in [-0.15, -0.1) is 0 Å². The number of rotatable bonds is 5. The lowest BCUT2D eigenvalue weighted by Gasteiger charge is -2.11. The molecule has 1 radical (unpaired) electrons. The minimum Gasteiger partial charge on any atom is -0.491 e. The van der Waals surface area contributed by atoms with E-state index in [9.17, 15) is 0 Å². The fourth-order valence-corrected chi connectivity index (χ4v) is 2.20. The average Bonchev–Trinajstić information content (AvgIpc) is 2.96. The van der Waals surface area contributed by atoms with Crippen LogP contribution in [0.25, 0.3) is 11.3 Å². The molecule has 1 aromatic heterocycles. The van der Waals surface area contributed by atoms with E-state index in [4.69, 9.17) is 14.0 Å². The minimum absolute atomic E-state index is 0.159. The molecule has 0 unspecified atom stereocenters. The lowest BCUT2D eigenvalue weighted by Crippen LogP contribution is -2.05. The molecule has 0 aliphatic heterocycles. The Kier molecular flexibility index (Phi) is 4.33. The highest BCUT2D eigenvalue weighted by Gasteiger charge is 2.07. The van der Waals surface area contributed by atoms with Crippen LogP contribution in [0, 0.1) is 13.2 Å². The third-order valence-electron chi connectivity index (χ3n) is 3.25. The van der Waals surface area contributed by atoms with Crippen LogP contribution < -0.4 is 9.47 Å². The Bertz CT molecular complexity index is 758. The highest BCUT2D eigenvalue weighted by molar-refractivity contribution is 5.62. The second-order valence-corrected chi connectivity index (χ2v) is 5.52. The van der Waals surface area contributed by atoms with Gasteiger partial charge in [0.05, 0.1) is 6.10 Å². The molecule has 0 saturated carbocycles. The summed E-state index contributed by atoms with van der Waals surface area (Å²) < 4.78 is 16.3. The predicted molar refractivity (Wildman–Crippen MR) is 87.8 cm³/mol. The van der Waals surface area contributed by atoms with Crippen LogP contribution in [0.1, 0.15) is 19.4 Å². The molecule has 0 fully saturated rings. The maximum atomic E-state index is 5.83. The zero-order chi connectivity index (χ0) is 16.2. The Balaban J connectivity index is 1.70. The number of hydrogen-bond donors (Lipinski definition) is 0. The van der Waals surface area contributed by atoms with Crippen molar-refractivity contribution < 1.29 is 14.0 Å². The molecule has 2 aromatic carbocycles. The van der Waals surface area contributed by atoms with Gasteiger partial charge in [-0.2, -0.15) is 0 Å². The summed E-state index contributed by atoms with van der Waals surface area (Å²) >= 11 is 0. The fraction of sp³-hybridized carbons (Fsp3) is 0.211. The highest BCUT2D eigenvalue weighted by atomic mass is 16.5. The van der Waals surface area contributed by atoms with Crippen molar-refractivity contribution in [2.75, 3.05) is 0 Å². The van der Waals surface area contributed by atoms with Gasteiger partial charge in [-0.3, -0.25) is 0 Å². The van der Waals surface area contributed by atoms with Crippen LogP contribution in [0.15, 0.2) is 53.1 Å². The lowest BCUT2D eigenvalue weighted by molar-refractivity contribution is 0.242.